The van der Waals surface area contributed by atoms with E-state index in [1.165, 1.54) is 0 Å². The summed E-state index contributed by atoms with van der Waals surface area (Å²) in [7, 11) is 0. The van der Waals surface area contributed by atoms with Gasteiger partial charge < -0.3 is 15.2 Å². The maximum absolute atomic E-state index is 11.2. The number of aromatic carboxylic acids is 1. The molecule has 1 heterocycles. The van der Waals surface area contributed by atoms with Crippen molar-refractivity contribution in [3.8, 4) is 11.4 Å². The van der Waals surface area contributed by atoms with Crippen LogP contribution in [0, 0.1) is 6.92 Å². The summed E-state index contributed by atoms with van der Waals surface area (Å²) in [5.41, 5.74) is 6.05. The van der Waals surface area contributed by atoms with Crippen molar-refractivity contribution in [2.24, 2.45) is 0 Å². The molecule has 0 bridgehead atoms. The second-order valence-electron chi connectivity index (χ2n) is 9.17. The van der Waals surface area contributed by atoms with Gasteiger partial charge in [-0.2, -0.15) is 5.10 Å². The fraction of sp³-hybridized carbons (Fsp3) is 0.241. The number of carboxylic acid groups (broad SMARTS) is 1. The number of para-hydroxylation sites is 1. The Labute approximate surface area is 226 Å². The maximum Gasteiger partial charge on any atom is 0.335 e. The van der Waals surface area contributed by atoms with E-state index in [9.17, 15) is 4.79 Å². The normalized spacial score (nSPS) is 11.2. The summed E-state index contributed by atoms with van der Waals surface area (Å²) in [4.78, 5) is 11.2. The summed E-state index contributed by atoms with van der Waals surface area (Å²) >= 11 is 12.9. The van der Waals surface area contributed by atoms with Crippen molar-refractivity contribution in [1.29, 1.82) is 0 Å². The number of ether oxygens (including phenoxy) is 1. The van der Waals surface area contributed by atoms with Crippen molar-refractivity contribution >= 4 is 29.2 Å². The monoisotopic (exact) mass is 537 g/mol. The topological polar surface area (TPSA) is 76.4 Å². The van der Waals surface area contributed by atoms with Crippen LogP contribution in [0.5, 0.6) is 5.75 Å². The van der Waals surface area contributed by atoms with Gasteiger partial charge in [0.15, 0.2) is 0 Å². The number of carboxylic acids is 1. The molecule has 0 aliphatic rings. The van der Waals surface area contributed by atoms with Crippen LogP contribution in [0.1, 0.15) is 58.1 Å². The molecular weight excluding hydrogens is 509 g/mol. The van der Waals surface area contributed by atoms with Crippen molar-refractivity contribution in [2.45, 2.75) is 46.4 Å². The van der Waals surface area contributed by atoms with Crippen LogP contribution in [0.25, 0.3) is 5.69 Å². The molecule has 0 saturated heterocycles. The van der Waals surface area contributed by atoms with Gasteiger partial charge in [0.2, 0.25) is 0 Å². The minimum Gasteiger partial charge on any atom is -0.487 e. The maximum atomic E-state index is 11.2. The zero-order chi connectivity index (χ0) is 26.5. The Morgan fingerprint density at radius 3 is 2.46 bits per heavy atom. The Morgan fingerprint density at radius 2 is 1.78 bits per heavy atom. The van der Waals surface area contributed by atoms with E-state index >= 15 is 0 Å². The molecule has 8 heteroatoms. The van der Waals surface area contributed by atoms with Crippen molar-refractivity contribution < 1.29 is 14.6 Å². The number of aryl methyl sites for hydroxylation is 1. The van der Waals surface area contributed by atoms with Gasteiger partial charge in [-0.3, -0.25) is 0 Å². The molecule has 0 fully saturated rings. The van der Waals surface area contributed by atoms with Gasteiger partial charge >= 0.3 is 5.97 Å². The Balaban J connectivity index is 1.45. The van der Waals surface area contributed by atoms with E-state index in [0.717, 1.165) is 33.7 Å². The second-order valence-corrected chi connectivity index (χ2v) is 9.98. The molecule has 1 aromatic heterocycles. The standard InChI is InChI=1S/C29H29Cl2N3O3/c1-18(2)24-16-33-34(28-25(30)8-5-9-26(28)31)27(24)17-37-23-11-10-22(19(3)12-23)15-32-14-20-6-4-7-21(13-20)29(35)36/h4-13,16,18,32H,14-15,17H2,1-3H3,(H,35,36). The number of hydrogen-bond donors (Lipinski definition) is 2. The Morgan fingerprint density at radius 1 is 1.05 bits per heavy atom. The molecule has 0 amide bonds. The van der Waals surface area contributed by atoms with Crippen LogP contribution in [-0.2, 0) is 19.7 Å². The Bertz CT molecular complexity index is 1400. The minimum atomic E-state index is -0.924. The zero-order valence-electron chi connectivity index (χ0n) is 21.0. The highest BCUT2D eigenvalue weighted by Crippen LogP contribution is 2.32. The van der Waals surface area contributed by atoms with Crippen molar-refractivity contribution in [3.63, 3.8) is 0 Å². The lowest BCUT2D eigenvalue weighted by atomic mass is 10.0. The number of nitrogens with one attached hydrogen (secondary N) is 1. The SMILES string of the molecule is Cc1cc(OCc2c(C(C)C)cnn2-c2c(Cl)cccc2Cl)ccc1CNCc1cccc(C(=O)O)c1. The average Bonchev–Trinajstić information content (AvgIpc) is 3.28. The molecule has 37 heavy (non-hydrogen) atoms. The molecule has 0 radical (unpaired) electrons. The Hall–Kier alpha value is -3.32. The van der Waals surface area contributed by atoms with Gasteiger partial charge in [0, 0.05) is 13.1 Å². The molecule has 4 rings (SSSR count). The molecule has 0 aliphatic heterocycles. The zero-order valence-corrected chi connectivity index (χ0v) is 22.5. The van der Waals surface area contributed by atoms with Crippen LogP contribution in [0.2, 0.25) is 10.0 Å². The van der Waals surface area contributed by atoms with Crippen LogP contribution < -0.4 is 10.1 Å². The lowest BCUT2D eigenvalue weighted by molar-refractivity contribution is 0.0696. The summed E-state index contributed by atoms with van der Waals surface area (Å²) in [6.07, 6.45) is 1.84. The van der Waals surface area contributed by atoms with Crippen molar-refractivity contribution in [2.75, 3.05) is 0 Å². The molecule has 4 aromatic rings. The number of hydrogen-bond acceptors (Lipinski definition) is 4. The van der Waals surface area contributed by atoms with Crippen molar-refractivity contribution in [1.82, 2.24) is 15.1 Å². The number of benzene rings is 3. The van der Waals surface area contributed by atoms with E-state index < -0.39 is 5.97 Å². The molecule has 0 unspecified atom stereocenters. The first kappa shape index (κ1) is 26.7. The van der Waals surface area contributed by atoms with E-state index in [0.29, 0.717) is 35.4 Å². The fourth-order valence-electron chi connectivity index (χ4n) is 4.16. The van der Waals surface area contributed by atoms with Crippen LogP contribution >= 0.6 is 23.2 Å². The summed E-state index contributed by atoms with van der Waals surface area (Å²) in [5, 5.41) is 18.2. The van der Waals surface area contributed by atoms with Gasteiger partial charge in [-0.25, -0.2) is 9.48 Å². The average molecular weight is 538 g/mol. The lowest BCUT2D eigenvalue weighted by Gasteiger charge is -2.16. The molecule has 3 aromatic carbocycles. The van der Waals surface area contributed by atoms with E-state index in [2.05, 4.69) is 24.3 Å². The number of rotatable bonds is 10. The fourth-order valence-corrected chi connectivity index (χ4v) is 4.72. The van der Waals surface area contributed by atoms with Gasteiger partial charge in [-0.05, 0) is 71.5 Å². The number of nitrogens with zero attached hydrogens (tertiary/aromatic N) is 2. The number of halogens is 2. The number of aromatic nitrogens is 2. The first-order valence-corrected chi connectivity index (χ1v) is 12.8. The summed E-state index contributed by atoms with van der Waals surface area (Å²) < 4.78 is 7.97. The summed E-state index contributed by atoms with van der Waals surface area (Å²) in [6.45, 7) is 7.81. The van der Waals surface area contributed by atoms with Gasteiger partial charge in [0.1, 0.15) is 18.0 Å². The third-order valence-electron chi connectivity index (χ3n) is 6.18. The van der Waals surface area contributed by atoms with E-state index in [-0.39, 0.29) is 11.5 Å². The molecule has 2 N–H and O–H groups in total. The molecule has 0 spiro atoms. The lowest BCUT2D eigenvalue weighted by Crippen LogP contribution is -2.14. The van der Waals surface area contributed by atoms with Gasteiger partial charge in [0.25, 0.3) is 0 Å². The first-order valence-electron chi connectivity index (χ1n) is 12.0. The quantitative estimate of drug-likeness (QED) is 0.224. The molecule has 6 nitrogen and oxygen atoms in total. The molecule has 0 saturated carbocycles. The van der Waals surface area contributed by atoms with Gasteiger partial charge in [0.05, 0.1) is 27.5 Å². The van der Waals surface area contributed by atoms with E-state index in [4.69, 9.17) is 33.0 Å². The van der Waals surface area contributed by atoms with Crippen LogP contribution in [-0.4, -0.2) is 20.9 Å². The Kier molecular flexibility index (Phi) is 8.54. The van der Waals surface area contributed by atoms with Crippen LogP contribution in [0.3, 0.4) is 0 Å². The highest BCUT2D eigenvalue weighted by atomic mass is 35.5. The molecule has 192 valence electrons. The number of carbonyl (C=O) groups is 1. The van der Waals surface area contributed by atoms with Crippen LogP contribution in [0.4, 0.5) is 0 Å². The third kappa shape index (κ3) is 6.34. The third-order valence-corrected chi connectivity index (χ3v) is 6.79. The smallest absolute Gasteiger partial charge is 0.335 e. The first-order chi connectivity index (χ1) is 17.7. The summed E-state index contributed by atoms with van der Waals surface area (Å²) in [5.74, 6) is 0.0786. The molecular formula is C29H29Cl2N3O3. The van der Waals surface area contributed by atoms with E-state index in [1.54, 1.807) is 35.0 Å². The van der Waals surface area contributed by atoms with E-state index in [1.807, 2.05) is 43.5 Å². The largest absolute Gasteiger partial charge is 0.487 e. The minimum absolute atomic E-state index is 0.250. The summed E-state index contributed by atoms with van der Waals surface area (Å²) in [6, 6.07) is 18.4. The van der Waals surface area contributed by atoms with Gasteiger partial charge in [-0.1, -0.05) is 61.3 Å². The van der Waals surface area contributed by atoms with Crippen LogP contribution in [0.15, 0.2) is 66.9 Å². The highest BCUT2D eigenvalue weighted by Gasteiger charge is 2.19. The highest BCUT2D eigenvalue weighted by molar-refractivity contribution is 6.37. The molecule has 0 aliphatic carbocycles. The predicted molar refractivity (Wildman–Crippen MR) is 147 cm³/mol. The molecule has 0 atom stereocenters. The van der Waals surface area contributed by atoms with Crippen molar-refractivity contribution in [3.05, 3.63) is 110 Å². The second kappa shape index (κ2) is 11.8. The predicted octanol–water partition coefficient (Wildman–Crippen LogP) is 7.18. The van der Waals surface area contributed by atoms with Gasteiger partial charge in [-0.15, -0.1) is 0 Å².